The van der Waals surface area contributed by atoms with Crippen LogP contribution in [0, 0.1) is 18.7 Å². The Labute approximate surface area is 463 Å². The highest BCUT2D eigenvalue weighted by atomic mass is 19.1. The standard InChI is InChI=1S/C60H59FN8O12/c1-31-35-19-20-44(52-40-27-69-47(53(40)66-45(51(35)52)23-43(31)61)22-42-41(57(69)75)29-79-58(76)60(42,78)24-34-17-18-34)67-55(73)32(2)80-30-64-48(70)25-63-56(74)46(21-33-11-5-4-6-12-33)65-49(71)26-62-50(72)28-68(3)59(77)81-54-38-15-9-7-13-36(38)37-14-8-10-16-39(37)54/h4-16,22-23,32,34,44,46,54,78H,17-21,24-30H2,1-3H3,(H,62,72)(H,63,74)(H,64,70)(H,65,71)(H,67,73)/t32-,44-,46-,60-/m0/s1. The summed E-state index contributed by atoms with van der Waals surface area (Å²) in [6.45, 7) is 1.05. The number of carbonyl (C=O) groups excluding carboxylic acids is 7. The number of halogens is 1. The van der Waals surface area contributed by atoms with Crippen LogP contribution in [0.5, 0.6) is 0 Å². The fourth-order valence-electron chi connectivity index (χ4n) is 11.5. The summed E-state index contributed by atoms with van der Waals surface area (Å²) in [5, 5.41) is 25.7. The molecule has 0 spiro atoms. The van der Waals surface area contributed by atoms with E-state index in [2.05, 4.69) is 26.6 Å². The smallest absolute Gasteiger partial charge is 0.410 e. The van der Waals surface area contributed by atoms with Crippen LogP contribution < -0.4 is 32.1 Å². The number of amides is 6. The minimum Gasteiger partial charge on any atom is -0.458 e. The third-order valence-corrected chi connectivity index (χ3v) is 15.9. The van der Waals surface area contributed by atoms with Gasteiger partial charge in [0.2, 0.25) is 29.5 Å². The van der Waals surface area contributed by atoms with Crippen LogP contribution in [-0.2, 0) is 74.6 Å². The summed E-state index contributed by atoms with van der Waals surface area (Å²) in [6, 6.07) is 25.2. The van der Waals surface area contributed by atoms with Gasteiger partial charge in [-0.1, -0.05) is 91.7 Å². The molecule has 0 saturated heterocycles. The second kappa shape index (κ2) is 22.0. The van der Waals surface area contributed by atoms with E-state index < -0.39 is 109 Å². The second-order valence-corrected chi connectivity index (χ2v) is 21.4. The summed E-state index contributed by atoms with van der Waals surface area (Å²) in [5.74, 6) is -4.42. The van der Waals surface area contributed by atoms with Crippen molar-refractivity contribution < 1.29 is 57.3 Å². The van der Waals surface area contributed by atoms with Gasteiger partial charge in [0.25, 0.3) is 5.56 Å². The maximum atomic E-state index is 15.5. The number of fused-ring (bicyclic) bond motifs is 8. The van der Waals surface area contributed by atoms with Crippen LogP contribution in [0.2, 0.25) is 0 Å². The summed E-state index contributed by atoms with van der Waals surface area (Å²) in [7, 11) is 1.40. The molecule has 4 aromatic carbocycles. The fraction of sp³-hybridized carbons (Fsp3) is 0.350. The maximum Gasteiger partial charge on any atom is 0.410 e. The number of carbonyl (C=O) groups is 7. The summed E-state index contributed by atoms with van der Waals surface area (Å²) >= 11 is 0. The van der Waals surface area contributed by atoms with Crippen molar-refractivity contribution in [1.29, 1.82) is 0 Å². The average molecular weight is 1100 g/mol. The van der Waals surface area contributed by atoms with Crippen molar-refractivity contribution in [2.24, 2.45) is 5.92 Å². The Balaban J connectivity index is 0.684. The number of hydrogen-bond acceptors (Lipinski definition) is 13. The van der Waals surface area contributed by atoms with E-state index in [1.165, 1.54) is 24.6 Å². The number of esters is 1. The lowest BCUT2D eigenvalue weighted by Gasteiger charge is -2.32. The number of pyridine rings is 2. The van der Waals surface area contributed by atoms with Crippen LogP contribution in [0.1, 0.15) is 94.8 Å². The van der Waals surface area contributed by atoms with Gasteiger partial charge in [-0.05, 0) is 78.5 Å². The monoisotopic (exact) mass is 1100 g/mol. The summed E-state index contributed by atoms with van der Waals surface area (Å²) < 4.78 is 34.0. The van der Waals surface area contributed by atoms with E-state index in [9.17, 15) is 43.5 Å². The second-order valence-electron chi connectivity index (χ2n) is 21.4. The number of rotatable bonds is 18. The molecular formula is C60H59FN8O12. The van der Waals surface area contributed by atoms with Gasteiger partial charge in [-0.15, -0.1) is 0 Å². The van der Waals surface area contributed by atoms with Gasteiger partial charge in [-0.2, -0.15) is 0 Å². The normalized spacial score (nSPS) is 17.9. The Morgan fingerprint density at radius 1 is 0.852 bits per heavy atom. The van der Waals surface area contributed by atoms with Crippen LogP contribution in [0.3, 0.4) is 0 Å². The lowest BCUT2D eigenvalue weighted by molar-refractivity contribution is -0.173. The van der Waals surface area contributed by atoms with Crippen LogP contribution >= 0.6 is 0 Å². The number of nitrogens with zero attached hydrogens (tertiary/aromatic N) is 3. The highest BCUT2D eigenvalue weighted by Crippen LogP contribution is 2.49. The van der Waals surface area contributed by atoms with Gasteiger partial charge >= 0.3 is 12.1 Å². The zero-order valence-corrected chi connectivity index (χ0v) is 44.7. The highest BCUT2D eigenvalue weighted by Gasteiger charge is 2.50. The third kappa shape index (κ3) is 10.6. The van der Waals surface area contributed by atoms with Gasteiger partial charge < -0.3 is 55.4 Å². The van der Waals surface area contributed by atoms with Crippen molar-refractivity contribution in [3.63, 3.8) is 0 Å². The molecule has 1 saturated carbocycles. The Hall–Kier alpha value is -8.82. The number of ether oxygens (including phenoxy) is 3. The Kier molecular flexibility index (Phi) is 14.7. The molecule has 81 heavy (non-hydrogen) atoms. The number of hydrogen-bond donors (Lipinski definition) is 6. The first-order valence-corrected chi connectivity index (χ1v) is 26.9. The van der Waals surface area contributed by atoms with Crippen LogP contribution in [0.15, 0.2) is 95.8 Å². The molecule has 0 unspecified atom stereocenters. The van der Waals surface area contributed by atoms with E-state index in [0.717, 1.165) is 45.6 Å². The minimum absolute atomic E-state index is 0.0399. The molecule has 418 valence electrons. The SMILES string of the molecule is Cc1c(F)cc2nc3c(c4c2c1CC[C@@H]4NC(=O)[C@H](C)OCNC(=O)CNC(=O)[C@H](Cc1ccccc1)NC(=O)CNC(=O)CN(C)C(=O)OC1c2ccccc2-c2ccccc21)Cn1c-3cc2c(c1=O)COC(=O)[C@]2(O)CC1CC1. The Bertz CT molecular complexity index is 3620. The first kappa shape index (κ1) is 54.2. The molecule has 21 heteroatoms. The largest absolute Gasteiger partial charge is 0.458 e. The zero-order valence-electron chi connectivity index (χ0n) is 44.7. The molecule has 0 bridgehead atoms. The van der Waals surface area contributed by atoms with Crippen molar-refractivity contribution in [1.82, 2.24) is 41.0 Å². The van der Waals surface area contributed by atoms with E-state index in [4.69, 9.17) is 19.2 Å². The van der Waals surface area contributed by atoms with Crippen molar-refractivity contribution in [2.75, 3.05) is 33.4 Å². The van der Waals surface area contributed by atoms with E-state index >= 15 is 4.39 Å². The van der Waals surface area contributed by atoms with Crippen molar-refractivity contribution in [3.05, 3.63) is 157 Å². The Morgan fingerprint density at radius 2 is 1.54 bits per heavy atom. The number of aromatic nitrogens is 2. The predicted octanol–water partition coefficient (Wildman–Crippen LogP) is 4.30. The Morgan fingerprint density at radius 3 is 2.26 bits per heavy atom. The van der Waals surface area contributed by atoms with Crippen LogP contribution in [-0.4, -0.2) is 107 Å². The van der Waals surface area contributed by atoms with Gasteiger partial charge in [0.05, 0.1) is 48.1 Å². The molecule has 0 radical (unpaired) electrons. The van der Waals surface area contributed by atoms with E-state index in [1.807, 2.05) is 48.5 Å². The fourth-order valence-corrected chi connectivity index (χ4v) is 11.5. The molecule has 20 nitrogen and oxygen atoms in total. The van der Waals surface area contributed by atoms with Crippen LogP contribution in [0.4, 0.5) is 9.18 Å². The average Bonchev–Trinajstić information content (AvgIpc) is 4.18. The number of likely N-dealkylation sites (N-methyl/N-ethyl adjacent to an activating group) is 1. The molecule has 6 N–H and O–H groups in total. The predicted molar refractivity (Wildman–Crippen MR) is 290 cm³/mol. The number of benzene rings is 4. The van der Waals surface area contributed by atoms with Crippen molar-refractivity contribution in [3.8, 4) is 22.5 Å². The quantitative estimate of drug-likeness (QED) is 0.0518. The molecule has 1 fully saturated rings. The number of aliphatic hydroxyl groups is 1. The topological polar surface area (TPSA) is 266 Å². The summed E-state index contributed by atoms with van der Waals surface area (Å²) in [4.78, 5) is 113. The van der Waals surface area contributed by atoms with Gasteiger partial charge in [-0.3, -0.25) is 28.8 Å². The van der Waals surface area contributed by atoms with Crippen molar-refractivity contribution >= 4 is 52.5 Å². The number of cyclic esters (lactones) is 1. The minimum atomic E-state index is -2.01. The third-order valence-electron chi connectivity index (χ3n) is 15.9. The maximum absolute atomic E-state index is 15.5. The highest BCUT2D eigenvalue weighted by molar-refractivity contribution is 5.95. The van der Waals surface area contributed by atoms with E-state index in [0.29, 0.717) is 57.4 Å². The molecule has 6 amide bonds. The molecule has 4 atom stereocenters. The first-order valence-electron chi connectivity index (χ1n) is 26.9. The number of aryl methyl sites for hydroxylation is 1. The molecule has 11 rings (SSSR count). The van der Waals surface area contributed by atoms with Gasteiger partial charge in [0, 0.05) is 47.2 Å². The molecular weight excluding hydrogens is 1040 g/mol. The zero-order chi connectivity index (χ0) is 56.9. The molecule has 5 aliphatic rings. The number of nitrogens with one attached hydrogen (secondary N) is 5. The lowest BCUT2D eigenvalue weighted by atomic mass is 9.81. The molecule has 2 aromatic heterocycles. The van der Waals surface area contributed by atoms with E-state index in [-0.39, 0.29) is 43.0 Å². The van der Waals surface area contributed by atoms with Gasteiger partial charge in [-0.25, -0.2) is 19.0 Å². The van der Waals surface area contributed by atoms with Crippen LogP contribution in [0.25, 0.3) is 33.4 Å². The first-order chi connectivity index (χ1) is 39.0. The molecule has 2 aliphatic heterocycles. The lowest BCUT2D eigenvalue weighted by Crippen LogP contribution is -2.52. The molecule has 6 aromatic rings. The molecule has 3 aliphatic carbocycles. The summed E-state index contributed by atoms with van der Waals surface area (Å²) in [5.41, 5.74) is 5.69. The summed E-state index contributed by atoms with van der Waals surface area (Å²) in [6.07, 6.45) is 0.0996. The van der Waals surface area contributed by atoms with Gasteiger partial charge in [0.1, 0.15) is 37.8 Å². The van der Waals surface area contributed by atoms with E-state index in [1.54, 1.807) is 43.3 Å². The molecule has 4 heterocycles. The van der Waals surface area contributed by atoms with Crippen molar-refractivity contribution in [2.45, 2.75) is 95.4 Å². The van der Waals surface area contributed by atoms with Gasteiger partial charge in [0.15, 0.2) is 11.7 Å².